The van der Waals surface area contributed by atoms with Crippen molar-refractivity contribution >= 4 is 32.8 Å². The van der Waals surface area contributed by atoms with Gasteiger partial charge in [-0.2, -0.15) is 5.10 Å². The number of carboxylic acids is 1. The van der Waals surface area contributed by atoms with Gasteiger partial charge in [0.1, 0.15) is 5.75 Å². The molecule has 2 aromatic heterocycles. The second-order valence-electron chi connectivity index (χ2n) is 8.88. The van der Waals surface area contributed by atoms with E-state index in [2.05, 4.69) is 31.8 Å². The standard InChI is InChI=1S/C25H30BrN3O5/c1-16-10-22(25(31)32)27-24(11-16)34-9-3-2-8-33-23-13-21-18(12-20(23)26)14-29(28-21)19-6-4-17(15-30)5-7-19/h10-14,17,19,30H,2-9,15H2,1H3,(H,31,32). The number of hydrogen-bond donors (Lipinski definition) is 2. The van der Waals surface area contributed by atoms with Crippen LogP contribution in [0.5, 0.6) is 11.6 Å². The fourth-order valence-electron chi connectivity index (χ4n) is 4.32. The molecule has 1 aliphatic rings. The van der Waals surface area contributed by atoms with Gasteiger partial charge >= 0.3 is 5.97 Å². The summed E-state index contributed by atoms with van der Waals surface area (Å²) in [5, 5.41) is 24.3. The molecule has 0 aliphatic heterocycles. The maximum absolute atomic E-state index is 11.1. The van der Waals surface area contributed by atoms with Gasteiger partial charge in [0.05, 0.1) is 29.2 Å². The van der Waals surface area contributed by atoms with Crippen LogP contribution in [0.1, 0.15) is 60.6 Å². The number of aryl methyl sites for hydroxylation is 1. The molecule has 1 fully saturated rings. The first-order chi connectivity index (χ1) is 16.4. The monoisotopic (exact) mass is 531 g/mol. The molecule has 0 atom stereocenters. The summed E-state index contributed by atoms with van der Waals surface area (Å²) in [6.45, 7) is 3.05. The summed E-state index contributed by atoms with van der Waals surface area (Å²) in [5.74, 6) is 0.445. The van der Waals surface area contributed by atoms with Gasteiger partial charge in [0.2, 0.25) is 5.88 Å². The van der Waals surface area contributed by atoms with Gasteiger partial charge in [-0.1, -0.05) is 0 Å². The maximum atomic E-state index is 11.1. The Hall–Kier alpha value is -2.65. The molecular weight excluding hydrogens is 502 g/mol. The highest BCUT2D eigenvalue weighted by Crippen LogP contribution is 2.34. The molecule has 4 rings (SSSR count). The lowest BCUT2D eigenvalue weighted by Gasteiger charge is -2.27. The number of ether oxygens (including phenoxy) is 2. The van der Waals surface area contributed by atoms with Crippen LogP contribution in [0.4, 0.5) is 0 Å². The van der Waals surface area contributed by atoms with Crippen LogP contribution in [0.15, 0.2) is 34.9 Å². The molecule has 0 amide bonds. The summed E-state index contributed by atoms with van der Waals surface area (Å²) in [7, 11) is 0. The van der Waals surface area contributed by atoms with E-state index in [1.807, 2.05) is 19.1 Å². The number of aliphatic hydroxyl groups excluding tert-OH is 1. The van der Waals surface area contributed by atoms with Gasteiger partial charge in [0.15, 0.2) is 5.69 Å². The lowest BCUT2D eigenvalue weighted by Crippen LogP contribution is -2.20. The zero-order chi connectivity index (χ0) is 24.1. The molecule has 3 aromatic rings. The molecule has 34 heavy (non-hydrogen) atoms. The Kier molecular flexibility index (Phi) is 8.05. The number of aliphatic hydroxyl groups is 1. The molecule has 0 radical (unpaired) electrons. The van der Waals surface area contributed by atoms with E-state index in [0.717, 1.165) is 65.2 Å². The number of unbranched alkanes of at least 4 members (excludes halogenated alkanes) is 1. The van der Waals surface area contributed by atoms with E-state index in [-0.39, 0.29) is 12.3 Å². The van der Waals surface area contributed by atoms with Crippen LogP contribution in [0.25, 0.3) is 10.9 Å². The Morgan fingerprint density at radius 2 is 1.85 bits per heavy atom. The van der Waals surface area contributed by atoms with Crippen LogP contribution in [0.2, 0.25) is 0 Å². The molecule has 1 saturated carbocycles. The smallest absolute Gasteiger partial charge is 0.354 e. The van der Waals surface area contributed by atoms with Gasteiger partial charge in [-0.25, -0.2) is 9.78 Å². The summed E-state index contributed by atoms with van der Waals surface area (Å²) in [6, 6.07) is 7.64. The van der Waals surface area contributed by atoms with E-state index in [1.165, 1.54) is 6.07 Å². The number of aromatic nitrogens is 3. The number of pyridine rings is 1. The Bertz CT molecular complexity index is 1140. The normalized spacial score (nSPS) is 18.2. The lowest BCUT2D eigenvalue weighted by atomic mass is 9.87. The highest BCUT2D eigenvalue weighted by atomic mass is 79.9. The highest BCUT2D eigenvalue weighted by molar-refractivity contribution is 9.10. The highest BCUT2D eigenvalue weighted by Gasteiger charge is 2.23. The molecule has 0 unspecified atom stereocenters. The van der Waals surface area contributed by atoms with Crippen molar-refractivity contribution in [1.29, 1.82) is 0 Å². The number of nitrogens with zero attached hydrogens (tertiary/aromatic N) is 3. The number of fused-ring (bicyclic) bond motifs is 1. The minimum absolute atomic E-state index is 0.0149. The van der Waals surface area contributed by atoms with E-state index in [4.69, 9.17) is 19.7 Å². The van der Waals surface area contributed by atoms with Crippen LogP contribution in [0.3, 0.4) is 0 Å². The van der Waals surface area contributed by atoms with Crippen molar-refractivity contribution in [2.75, 3.05) is 19.8 Å². The van der Waals surface area contributed by atoms with Gasteiger partial charge in [-0.15, -0.1) is 0 Å². The molecule has 182 valence electrons. The van der Waals surface area contributed by atoms with Gasteiger partial charge in [0.25, 0.3) is 0 Å². The maximum Gasteiger partial charge on any atom is 0.354 e. The zero-order valence-corrected chi connectivity index (χ0v) is 20.8. The van der Waals surface area contributed by atoms with Gasteiger partial charge in [-0.05, 0) is 85.0 Å². The minimum atomic E-state index is -1.07. The van der Waals surface area contributed by atoms with Crippen LogP contribution < -0.4 is 9.47 Å². The second kappa shape index (κ2) is 11.2. The van der Waals surface area contributed by atoms with Gasteiger partial charge in [-0.3, -0.25) is 4.68 Å². The molecule has 0 spiro atoms. The summed E-state index contributed by atoms with van der Waals surface area (Å²) in [4.78, 5) is 15.1. The average Bonchev–Trinajstić information content (AvgIpc) is 3.23. The third-order valence-corrected chi connectivity index (χ3v) is 6.86. The number of rotatable bonds is 10. The number of benzene rings is 1. The fourth-order valence-corrected chi connectivity index (χ4v) is 4.79. The molecular formula is C25H30BrN3O5. The molecule has 1 aliphatic carbocycles. The Morgan fingerprint density at radius 3 is 2.56 bits per heavy atom. The summed E-state index contributed by atoms with van der Waals surface area (Å²) in [6.07, 6.45) is 7.80. The quantitative estimate of drug-likeness (QED) is 0.348. The molecule has 0 bridgehead atoms. The molecule has 2 N–H and O–H groups in total. The minimum Gasteiger partial charge on any atom is -0.492 e. The predicted molar refractivity (Wildman–Crippen MR) is 132 cm³/mol. The first-order valence-corrected chi connectivity index (χ1v) is 12.5. The topological polar surface area (TPSA) is 107 Å². The van der Waals surface area contributed by atoms with Crippen LogP contribution in [-0.4, -0.2) is 50.8 Å². The lowest BCUT2D eigenvalue weighted by molar-refractivity contribution is 0.0689. The molecule has 0 saturated heterocycles. The second-order valence-corrected chi connectivity index (χ2v) is 9.74. The average molecular weight is 532 g/mol. The van der Waals surface area contributed by atoms with Crippen LogP contribution in [0, 0.1) is 12.8 Å². The Balaban J connectivity index is 1.26. The SMILES string of the molecule is Cc1cc(OCCCCOc2cc3nn(C4CCC(CO)CC4)cc3cc2Br)nc(C(=O)O)c1. The zero-order valence-electron chi connectivity index (χ0n) is 19.2. The molecule has 1 aromatic carbocycles. The molecule has 8 nitrogen and oxygen atoms in total. The van der Waals surface area contributed by atoms with Crippen LogP contribution in [-0.2, 0) is 0 Å². The van der Waals surface area contributed by atoms with Crippen molar-refractivity contribution in [3.63, 3.8) is 0 Å². The summed E-state index contributed by atoms with van der Waals surface area (Å²) in [5.41, 5.74) is 1.69. The number of carboxylic acid groups (broad SMARTS) is 1. The van der Waals surface area contributed by atoms with Crippen molar-refractivity contribution in [3.8, 4) is 11.6 Å². The Morgan fingerprint density at radius 1 is 1.12 bits per heavy atom. The third-order valence-electron chi connectivity index (χ3n) is 6.24. The van der Waals surface area contributed by atoms with Gasteiger partial charge in [0, 0.05) is 30.3 Å². The van der Waals surface area contributed by atoms with Crippen molar-refractivity contribution in [1.82, 2.24) is 14.8 Å². The summed E-state index contributed by atoms with van der Waals surface area (Å²) >= 11 is 3.61. The Labute approximate surface area is 207 Å². The third kappa shape index (κ3) is 6.07. The largest absolute Gasteiger partial charge is 0.492 e. The van der Waals surface area contributed by atoms with Crippen molar-refractivity contribution in [2.45, 2.75) is 51.5 Å². The van der Waals surface area contributed by atoms with Crippen molar-refractivity contribution in [2.24, 2.45) is 5.92 Å². The van der Waals surface area contributed by atoms with Gasteiger partial charge < -0.3 is 19.7 Å². The van der Waals surface area contributed by atoms with Crippen LogP contribution >= 0.6 is 15.9 Å². The van der Waals surface area contributed by atoms with E-state index in [0.29, 0.717) is 31.1 Å². The van der Waals surface area contributed by atoms with E-state index >= 15 is 0 Å². The number of halogens is 1. The summed E-state index contributed by atoms with van der Waals surface area (Å²) < 4.78 is 14.6. The number of carbonyl (C=O) groups is 1. The first-order valence-electron chi connectivity index (χ1n) is 11.7. The molecule has 9 heteroatoms. The first kappa shape index (κ1) is 24.5. The molecule has 2 heterocycles. The van der Waals surface area contributed by atoms with Crippen molar-refractivity contribution < 1.29 is 24.5 Å². The van der Waals surface area contributed by atoms with Crippen molar-refractivity contribution in [3.05, 3.63) is 46.2 Å². The predicted octanol–water partition coefficient (Wildman–Crippen LogP) is 5.16. The van der Waals surface area contributed by atoms with E-state index in [9.17, 15) is 9.90 Å². The van der Waals surface area contributed by atoms with E-state index < -0.39 is 5.97 Å². The number of hydrogen-bond acceptors (Lipinski definition) is 6. The van der Waals surface area contributed by atoms with E-state index in [1.54, 1.807) is 6.07 Å². The fraction of sp³-hybridized carbons (Fsp3) is 0.480. The number of aromatic carboxylic acids is 1.